The number of nitrogens with zero attached hydrogens (tertiary/aromatic N) is 3. The molecule has 2 heterocycles. The molecule has 9 heteroatoms. The van der Waals surface area contributed by atoms with Gasteiger partial charge in [-0.05, 0) is 18.2 Å². The molecule has 1 saturated heterocycles. The van der Waals surface area contributed by atoms with Crippen LogP contribution in [0.5, 0.6) is 17.2 Å². The molecule has 0 aliphatic carbocycles. The van der Waals surface area contributed by atoms with Crippen LogP contribution >= 0.6 is 0 Å². The van der Waals surface area contributed by atoms with Crippen LogP contribution in [0.3, 0.4) is 0 Å². The highest BCUT2D eigenvalue weighted by molar-refractivity contribution is 5.96. The van der Waals surface area contributed by atoms with Gasteiger partial charge < -0.3 is 24.0 Å². The number of ether oxygens (including phenoxy) is 3. The summed E-state index contributed by atoms with van der Waals surface area (Å²) in [5.74, 6) is 1.33. The summed E-state index contributed by atoms with van der Waals surface area (Å²) in [7, 11) is 1.52. The highest BCUT2D eigenvalue weighted by Crippen LogP contribution is 2.40. The van der Waals surface area contributed by atoms with Gasteiger partial charge in [-0.3, -0.25) is 14.9 Å². The third kappa shape index (κ3) is 3.63. The summed E-state index contributed by atoms with van der Waals surface area (Å²) in [5.41, 5.74) is 1.11. The van der Waals surface area contributed by atoms with E-state index in [1.165, 1.54) is 13.2 Å². The predicted molar refractivity (Wildman–Crippen MR) is 105 cm³/mol. The number of nitro benzene ring substituents is 1. The van der Waals surface area contributed by atoms with Gasteiger partial charge in [-0.1, -0.05) is 12.1 Å². The fourth-order valence-corrected chi connectivity index (χ4v) is 3.62. The number of carbonyl (C=O) groups is 1. The quantitative estimate of drug-likeness (QED) is 0.575. The summed E-state index contributed by atoms with van der Waals surface area (Å²) in [6, 6.07) is 9.99. The number of fused-ring (bicyclic) bond motifs is 1. The molecular formula is C20H21N3O6. The summed E-state index contributed by atoms with van der Waals surface area (Å²) in [6.07, 6.45) is 0. The average molecular weight is 399 g/mol. The number of hydrogen-bond donors (Lipinski definition) is 0. The summed E-state index contributed by atoms with van der Waals surface area (Å²) < 4.78 is 16.5. The first-order valence-electron chi connectivity index (χ1n) is 9.34. The second-order valence-electron chi connectivity index (χ2n) is 6.73. The first kappa shape index (κ1) is 18.9. The second-order valence-corrected chi connectivity index (χ2v) is 6.73. The zero-order chi connectivity index (χ0) is 20.4. The van der Waals surface area contributed by atoms with Crippen LogP contribution in [0.25, 0.3) is 0 Å². The first-order chi connectivity index (χ1) is 14.1. The second kappa shape index (κ2) is 7.86. The number of piperazine rings is 1. The molecule has 0 spiro atoms. The van der Waals surface area contributed by atoms with Crippen LogP contribution in [0.4, 0.5) is 11.4 Å². The van der Waals surface area contributed by atoms with Gasteiger partial charge in [-0.25, -0.2) is 0 Å². The highest BCUT2D eigenvalue weighted by Gasteiger charge is 2.28. The Hall–Kier alpha value is -3.49. The molecule has 152 valence electrons. The molecule has 2 aliphatic heterocycles. The number of rotatable bonds is 4. The van der Waals surface area contributed by atoms with Crippen molar-refractivity contribution in [2.24, 2.45) is 0 Å². The van der Waals surface area contributed by atoms with Crippen molar-refractivity contribution in [3.8, 4) is 17.2 Å². The zero-order valence-corrected chi connectivity index (χ0v) is 16.0. The number of para-hydroxylation sites is 2. The third-order valence-electron chi connectivity index (χ3n) is 5.06. The smallest absolute Gasteiger partial charge is 0.292 e. The Labute approximate surface area is 167 Å². The van der Waals surface area contributed by atoms with Gasteiger partial charge in [0.1, 0.15) is 18.9 Å². The minimum Gasteiger partial charge on any atom is -0.493 e. The lowest BCUT2D eigenvalue weighted by Gasteiger charge is -2.36. The van der Waals surface area contributed by atoms with Crippen molar-refractivity contribution in [2.75, 3.05) is 51.4 Å². The number of nitro groups is 1. The van der Waals surface area contributed by atoms with Crippen molar-refractivity contribution in [3.05, 3.63) is 52.1 Å². The Bertz CT molecular complexity index is 923. The van der Waals surface area contributed by atoms with E-state index in [2.05, 4.69) is 0 Å². The maximum absolute atomic E-state index is 13.0. The van der Waals surface area contributed by atoms with Gasteiger partial charge in [0.2, 0.25) is 5.75 Å². The number of carbonyl (C=O) groups excluding carboxylic acids is 1. The average Bonchev–Trinajstić information content (AvgIpc) is 2.77. The maximum Gasteiger partial charge on any atom is 0.292 e. The molecule has 0 unspecified atom stereocenters. The maximum atomic E-state index is 13.0. The predicted octanol–water partition coefficient (Wildman–Crippen LogP) is 2.34. The van der Waals surface area contributed by atoms with E-state index in [1.807, 2.05) is 4.90 Å². The number of hydrogen-bond acceptors (Lipinski definition) is 7. The standard InChI is InChI=1S/C20H21N3O6/c1-27-17-12-14(13-18-19(17)29-11-10-28-18)20(24)22-8-6-21(7-9-22)15-4-2-3-5-16(15)23(25)26/h2-5,12-13H,6-11H2,1H3. The fraction of sp³-hybridized carbons (Fsp3) is 0.350. The van der Waals surface area contributed by atoms with E-state index < -0.39 is 0 Å². The van der Waals surface area contributed by atoms with Gasteiger partial charge in [0.15, 0.2) is 11.5 Å². The molecule has 2 aromatic carbocycles. The lowest BCUT2D eigenvalue weighted by atomic mass is 10.1. The van der Waals surface area contributed by atoms with Crippen molar-refractivity contribution in [3.63, 3.8) is 0 Å². The van der Waals surface area contributed by atoms with Crippen LogP contribution < -0.4 is 19.1 Å². The summed E-state index contributed by atoms with van der Waals surface area (Å²) >= 11 is 0. The van der Waals surface area contributed by atoms with Gasteiger partial charge in [-0.15, -0.1) is 0 Å². The van der Waals surface area contributed by atoms with Crippen LogP contribution in [0.15, 0.2) is 36.4 Å². The molecule has 1 fully saturated rings. The Balaban J connectivity index is 1.49. The first-order valence-corrected chi connectivity index (χ1v) is 9.34. The Kier molecular flexibility index (Phi) is 5.11. The zero-order valence-electron chi connectivity index (χ0n) is 16.0. The van der Waals surface area contributed by atoms with Gasteiger partial charge in [0, 0.05) is 37.8 Å². The molecular weight excluding hydrogens is 378 g/mol. The molecule has 9 nitrogen and oxygen atoms in total. The van der Waals surface area contributed by atoms with E-state index >= 15 is 0 Å². The van der Waals surface area contributed by atoms with Gasteiger partial charge in [0.25, 0.3) is 11.6 Å². The van der Waals surface area contributed by atoms with E-state index in [4.69, 9.17) is 14.2 Å². The van der Waals surface area contributed by atoms with Crippen LogP contribution in [0, 0.1) is 10.1 Å². The van der Waals surface area contributed by atoms with Crippen LogP contribution in [-0.2, 0) is 0 Å². The van der Waals surface area contributed by atoms with Crippen molar-refractivity contribution < 1.29 is 23.9 Å². The fourth-order valence-electron chi connectivity index (χ4n) is 3.62. The summed E-state index contributed by atoms with van der Waals surface area (Å²) in [6.45, 7) is 2.80. The topological polar surface area (TPSA) is 94.4 Å². The summed E-state index contributed by atoms with van der Waals surface area (Å²) in [4.78, 5) is 27.6. The Morgan fingerprint density at radius 1 is 1.10 bits per heavy atom. The van der Waals surface area contributed by atoms with E-state index in [0.717, 1.165) is 0 Å². The molecule has 1 amide bonds. The molecule has 0 aromatic heterocycles. The van der Waals surface area contributed by atoms with Crippen molar-refractivity contribution >= 4 is 17.3 Å². The van der Waals surface area contributed by atoms with Crippen LogP contribution in [0.2, 0.25) is 0 Å². The normalized spacial score (nSPS) is 15.8. The molecule has 0 radical (unpaired) electrons. The molecule has 2 aliphatic rings. The Morgan fingerprint density at radius 2 is 1.83 bits per heavy atom. The van der Waals surface area contributed by atoms with E-state index in [9.17, 15) is 14.9 Å². The van der Waals surface area contributed by atoms with Crippen LogP contribution in [0.1, 0.15) is 10.4 Å². The molecule has 2 aromatic rings. The van der Waals surface area contributed by atoms with Gasteiger partial charge in [-0.2, -0.15) is 0 Å². The highest BCUT2D eigenvalue weighted by atomic mass is 16.6. The number of methoxy groups -OCH3 is 1. The van der Waals surface area contributed by atoms with Crippen LogP contribution in [-0.4, -0.2) is 62.2 Å². The largest absolute Gasteiger partial charge is 0.493 e. The van der Waals surface area contributed by atoms with E-state index in [-0.39, 0.29) is 16.5 Å². The summed E-state index contributed by atoms with van der Waals surface area (Å²) in [5, 5.41) is 11.3. The van der Waals surface area contributed by atoms with Crippen molar-refractivity contribution in [2.45, 2.75) is 0 Å². The number of anilines is 1. The molecule has 4 rings (SSSR count). The molecule has 0 bridgehead atoms. The molecule has 29 heavy (non-hydrogen) atoms. The molecule has 0 atom stereocenters. The van der Waals surface area contributed by atoms with Gasteiger partial charge >= 0.3 is 0 Å². The minimum atomic E-state index is -0.381. The number of benzene rings is 2. The Morgan fingerprint density at radius 3 is 2.55 bits per heavy atom. The molecule has 0 saturated carbocycles. The SMILES string of the molecule is COc1cc(C(=O)N2CCN(c3ccccc3[N+](=O)[O-])CC2)cc2c1OCCO2. The van der Waals surface area contributed by atoms with E-state index in [1.54, 1.807) is 35.2 Å². The lowest BCUT2D eigenvalue weighted by molar-refractivity contribution is -0.384. The van der Waals surface area contributed by atoms with E-state index in [0.29, 0.717) is 67.9 Å². The van der Waals surface area contributed by atoms with Gasteiger partial charge in [0.05, 0.1) is 12.0 Å². The minimum absolute atomic E-state index is 0.0730. The third-order valence-corrected chi connectivity index (χ3v) is 5.06. The molecule has 0 N–H and O–H groups in total. The number of amides is 1. The van der Waals surface area contributed by atoms with Crippen molar-refractivity contribution in [1.29, 1.82) is 0 Å². The monoisotopic (exact) mass is 399 g/mol. The lowest BCUT2D eigenvalue weighted by Crippen LogP contribution is -2.49. The van der Waals surface area contributed by atoms with Crippen molar-refractivity contribution in [1.82, 2.24) is 4.90 Å².